The number of pyridine rings is 1. The quantitative estimate of drug-likeness (QED) is 0.372. The smallest absolute Gasteiger partial charge is 0.309 e. The molecular formula is C27H25N7O2. The Labute approximate surface area is 207 Å². The van der Waals surface area contributed by atoms with Gasteiger partial charge in [-0.25, -0.2) is 9.97 Å². The average Bonchev–Trinajstić information content (AvgIpc) is 3.62. The summed E-state index contributed by atoms with van der Waals surface area (Å²) in [4.78, 5) is 21.0. The number of aromatic nitrogens is 7. The third-order valence-corrected chi connectivity index (χ3v) is 6.94. The summed E-state index contributed by atoms with van der Waals surface area (Å²) in [5, 5.41) is 23.9. The van der Waals surface area contributed by atoms with E-state index >= 15 is 0 Å². The van der Waals surface area contributed by atoms with Crippen molar-refractivity contribution < 1.29 is 9.90 Å². The molecule has 180 valence electrons. The molecule has 1 atom stereocenters. The number of carboxylic acids is 1. The van der Waals surface area contributed by atoms with Gasteiger partial charge in [0.15, 0.2) is 5.65 Å². The van der Waals surface area contributed by atoms with Crippen molar-refractivity contribution in [3.63, 3.8) is 0 Å². The predicted octanol–water partition coefficient (Wildman–Crippen LogP) is 4.31. The Kier molecular flexibility index (Phi) is 5.32. The number of aliphatic carboxylic acids is 1. The summed E-state index contributed by atoms with van der Waals surface area (Å²) >= 11 is 0. The van der Waals surface area contributed by atoms with Crippen molar-refractivity contribution in [2.45, 2.75) is 45.6 Å². The van der Waals surface area contributed by atoms with Crippen molar-refractivity contribution in [2.75, 3.05) is 0 Å². The number of H-pyrrole nitrogens is 1. The molecule has 1 aliphatic carbocycles. The number of hydrogen-bond acceptors (Lipinski definition) is 6. The maximum Gasteiger partial charge on any atom is 0.309 e. The average molecular weight is 480 g/mol. The number of fused-ring (bicyclic) bond motifs is 2. The van der Waals surface area contributed by atoms with Crippen LogP contribution in [-0.4, -0.2) is 46.2 Å². The third kappa shape index (κ3) is 3.64. The molecule has 0 radical (unpaired) electrons. The molecule has 6 rings (SSSR count). The van der Waals surface area contributed by atoms with Crippen molar-refractivity contribution in [1.29, 1.82) is 0 Å². The molecule has 2 N–H and O–H groups in total. The van der Waals surface area contributed by atoms with Crippen LogP contribution in [0.5, 0.6) is 0 Å². The number of benzene rings is 2. The highest BCUT2D eigenvalue weighted by molar-refractivity contribution is 5.81. The molecule has 2 aromatic carbocycles. The zero-order chi connectivity index (χ0) is 24.8. The fourth-order valence-electron chi connectivity index (χ4n) is 5.39. The number of rotatable bonds is 6. The van der Waals surface area contributed by atoms with Crippen molar-refractivity contribution in [3.05, 3.63) is 76.7 Å². The lowest BCUT2D eigenvalue weighted by Crippen LogP contribution is -2.12. The first kappa shape index (κ1) is 22.1. The molecule has 9 nitrogen and oxygen atoms in total. The fourth-order valence-corrected chi connectivity index (χ4v) is 5.39. The van der Waals surface area contributed by atoms with E-state index in [0.717, 1.165) is 58.5 Å². The van der Waals surface area contributed by atoms with Crippen LogP contribution in [0.25, 0.3) is 33.7 Å². The van der Waals surface area contributed by atoms with Crippen LogP contribution in [0.1, 0.15) is 47.6 Å². The number of aryl methyl sites for hydroxylation is 3. The van der Waals surface area contributed by atoms with Crippen molar-refractivity contribution in [3.8, 4) is 22.5 Å². The molecule has 0 unspecified atom stereocenters. The van der Waals surface area contributed by atoms with Gasteiger partial charge in [-0.3, -0.25) is 4.79 Å². The van der Waals surface area contributed by atoms with Gasteiger partial charge >= 0.3 is 5.97 Å². The van der Waals surface area contributed by atoms with Gasteiger partial charge in [0, 0.05) is 12.0 Å². The molecule has 9 heteroatoms. The molecule has 36 heavy (non-hydrogen) atoms. The van der Waals surface area contributed by atoms with Crippen LogP contribution in [-0.2, 0) is 24.1 Å². The Bertz CT molecular complexity index is 1600. The number of nitrogens with zero attached hydrogens (tertiary/aromatic N) is 6. The molecule has 0 spiro atoms. The molecular weight excluding hydrogens is 454 g/mol. The van der Waals surface area contributed by atoms with E-state index in [2.05, 4.69) is 56.4 Å². The minimum Gasteiger partial charge on any atom is -0.481 e. The summed E-state index contributed by atoms with van der Waals surface area (Å²) in [5.74, 6) is 0.653. The first-order valence-corrected chi connectivity index (χ1v) is 12.1. The molecule has 1 aliphatic rings. The topological polar surface area (TPSA) is 122 Å². The summed E-state index contributed by atoms with van der Waals surface area (Å²) < 4.78 is 2.23. The van der Waals surface area contributed by atoms with Crippen LogP contribution in [0.2, 0.25) is 0 Å². The Morgan fingerprint density at radius 3 is 2.72 bits per heavy atom. The number of nitrogens with one attached hydrogen (secondary N) is 1. The van der Waals surface area contributed by atoms with Gasteiger partial charge in [-0.05, 0) is 58.9 Å². The zero-order valence-corrected chi connectivity index (χ0v) is 20.1. The largest absolute Gasteiger partial charge is 0.481 e. The summed E-state index contributed by atoms with van der Waals surface area (Å²) in [6.45, 7) is 4.07. The van der Waals surface area contributed by atoms with Gasteiger partial charge in [-0.2, -0.15) is 5.21 Å². The van der Waals surface area contributed by atoms with E-state index in [4.69, 9.17) is 9.97 Å². The van der Waals surface area contributed by atoms with Crippen LogP contribution < -0.4 is 0 Å². The number of carbonyl (C=O) groups is 1. The minimum absolute atomic E-state index is 0.103. The van der Waals surface area contributed by atoms with Gasteiger partial charge in [0.2, 0.25) is 5.82 Å². The van der Waals surface area contributed by atoms with Crippen LogP contribution >= 0.6 is 0 Å². The molecule has 0 saturated carbocycles. The SMILES string of the molecule is CCc1nc2c(C)cc(CC(=O)O)nc2n1[C@H]1CCc2cc(-c3ccccc3-c3nn[nH]n3)ccc21. The molecule has 0 saturated heterocycles. The van der Waals surface area contributed by atoms with Crippen molar-refractivity contribution in [2.24, 2.45) is 0 Å². The van der Waals surface area contributed by atoms with E-state index in [-0.39, 0.29) is 12.5 Å². The first-order valence-electron chi connectivity index (χ1n) is 12.1. The first-order chi connectivity index (χ1) is 17.5. The van der Waals surface area contributed by atoms with E-state index in [1.54, 1.807) is 0 Å². The second-order valence-electron chi connectivity index (χ2n) is 9.17. The van der Waals surface area contributed by atoms with Crippen LogP contribution in [0.15, 0.2) is 48.5 Å². The van der Waals surface area contributed by atoms with Crippen LogP contribution in [0.4, 0.5) is 0 Å². The standard InChI is InChI=1S/C27H25N7O2/c1-3-23-29-25-15(2)12-18(14-24(35)36)28-27(25)34(23)22-11-9-17-13-16(8-10-20(17)22)19-6-4-5-7-21(19)26-30-32-33-31-26/h4-8,10,12-13,22H,3,9,11,14H2,1-2H3,(H,35,36)(H,30,31,32,33)/t22-/m0/s1. The molecule has 0 fully saturated rings. The monoisotopic (exact) mass is 479 g/mol. The summed E-state index contributed by atoms with van der Waals surface area (Å²) in [7, 11) is 0. The Morgan fingerprint density at radius 1 is 1.14 bits per heavy atom. The lowest BCUT2D eigenvalue weighted by Gasteiger charge is -2.18. The van der Waals surface area contributed by atoms with Gasteiger partial charge in [0.1, 0.15) is 11.3 Å². The number of carboxylic acid groups (broad SMARTS) is 1. The minimum atomic E-state index is -0.886. The van der Waals surface area contributed by atoms with Gasteiger partial charge in [-0.1, -0.05) is 49.4 Å². The maximum absolute atomic E-state index is 11.4. The maximum atomic E-state index is 11.4. The number of hydrogen-bond donors (Lipinski definition) is 2. The zero-order valence-electron chi connectivity index (χ0n) is 20.1. The summed E-state index contributed by atoms with van der Waals surface area (Å²) in [6.07, 6.45) is 2.54. The van der Waals surface area contributed by atoms with Gasteiger partial charge < -0.3 is 9.67 Å². The Balaban J connectivity index is 1.44. The Hall–Kier alpha value is -4.40. The lowest BCUT2D eigenvalue weighted by atomic mass is 9.96. The molecule has 0 amide bonds. The number of tetrazole rings is 1. The summed E-state index contributed by atoms with van der Waals surface area (Å²) in [5.41, 5.74) is 8.78. The van der Waals surface area contributed by atoms with Crippen LogP contribution in [0, 0.1) is 6.92 Å². The van der Waals surface area contributed by atoms with Crippen molar-refractivity contribution in [1.82, 2.24) is 35.2 Å². The number of imidazole rings is 1. The van der Waals surface area contributed by atoms with E-state index in [9.17, 15) is 9.90 Å². The molecule has 5 aromatic rings. The van der Waals surface area contributed by atoms with Crippen molar-refractivity contribution >= 4 is 17.1 Å². The highest BCUT2D eigenvalue weighted by Gasteiger charge is 2.29. The van der Waals surface area contributed by atoms with E-state index in [1.165, 1.54) is 11.1 Å². The lowest BCUT2D eigenvalue weighted by molar-refractivity contribution is -0.136. The summed E-state index contributed by atoms with van der Waals surface area (Å²) in [6, 6.07) is 16.6. The molecule has 3 aromatic heterocycles. The normalized spacial score (nSPS) is 14.9. The second kappa shape index (κ2) is 8.67. The second-order valence-corrected chi connectivity index (χ2v) is 9.17. The highest BCUT2D eigenvalue weighted by atomic mass is 16.4. The highest BCUT2D eigenvalue weighted by Crippen LogP contribution is 2.40. The van der Waals surface area contributed by atoms with Crippen LogP contribution in [0.3, 0.4) is 0 Å². The third-order valence-electron chi connectivity index (χ3n) is 6.94. The van der Waals surface area contributed by atoms with E-state index in [1.807, 2.05) is 31.2 Å². The number of aromatic amines is 1. The molecule has 0 bridgehead atoms. The molecule has 0 aliphatic heterocycles. The van der Waals surface area contributed by atoms with Gasteiger partial charge in [0.25, 0.3) is 0 Å². The van der Waals surface area contributed by atoms with E-state index in [0.29, 0.717) is 11.5 Å². The van der Waals surface area contributed by atoms with Gasteiger partial charge in [0.05, 0.1) is 18.2 Å². The van der Waals surface area contributed by atoms with E-state index < -0.39 is 5.97 Å². The Morgan fingerprint density at radius 2 is 1.97 bits per heavy atom. The fraction of sp³-hybridized carbons (Fsp3) is 0.259. The molecule has 3 heterocycles. The predicted molar refractivity (Wildman–Crippen MR) is 134 cm³/mol. The van der Waals surface area contributed by atoms with Gasteiger partial charge in [-0.15, -0.1) is 10.2 Å².